The number of fused-ring (bicyclic) bond motifs is 2. The monoisotopic (exact) mass is 506 g/mol. The zero-order chi connectivity index (χ0) is 26.5. The molecule has 0 radical (unpaired) electrons. The van der Waals surface area contributed by atoms with Gasteiger partial charge in [0.05, 0.1) is 24.4 Å². The molecule has 0 saturated carbocycles. The first-order valence-corrected chi connectivity index (χ1v) is 12.9. The highest BCUT2D eigenvalue weighted by Crippen LogP contribution is 2.41. The summed E-state index contributed by atoms with van der Waals surface area (Å²) >= 11 is 0. The molecule has 8 nitrogen and oxygen atoms in total. The standard InChI is InChI=1S/C28H42O8/c1-17-15-16-21(29)23(33-4)14-10-9-13-22(20-11-7-6-8-12-20)35-27(31)19(3)28(32)26(34-5)24(30)18(2)25(17)36-28/h6-8,11-12,15-19,21-26,29-30,32H,9-10,13-14H2,1-5H3/b16-15+/t17-,18-,19+,21+,22?,23?,24-,25-,26+,28-/m0/s1. The number of ether oxygens (including phenoxy) is 4. The van der Waals surface area contributed by atoms with Crippen LogP contribution in [0.5, 0.6) is 0 Å². The average molecular weight is 507 g/mol. The van der Waals surface area contributed by atoms with Gasteiger partial charge < -0.3 is 34.3 Å². The molecular formula is C28H42O8. The van der Waals surface area contributed by atoms with E-state index in [1.54, 1.807) is 19.3 Å². The second-order valence-corrected chi connectivity index (χ2v) is 10.2. The first kappa shape index (κ1) is 28.8. The second kappa shape index (κ2) is 12.6. The number of rotatable bonds is 3. The molecule has 8 heteroatoms. The lowest BCUT2D eigenvalue weighted by atomic mass is 9.78. The van der Waals surface area contributed by atoms with Crippen LogP contribution in [0.15, 0.2) is 42.5 Å². The third kappa shape index (κ3) is 6.18. The van der Waals surface area contributed by atoms with E-state index in [1.807, 2.05) is 44.2 Å². The Balaban J connectivity index is 1.99. The van der Waals surface area contributed by atoms with Gasteiger partial charge in [-0.3, -0.25) is 4.79 Å². The van der Waals surface area contributed by atoms with Gasteiger partial charge in [-0.2, -0.15) is 0 Å². The molecule has 36 heavy (non-hydrogen) atoms. The molecule has 0 aliphatic carbocycles. The number of aliphatic hydroxyl groups is 3. The molecule has 3 N–H and O–H groups in total. The number of hydrogen-bond donors (Lipinski definition) is 3. The molecular weight excluding hydrogens is 464 g/mol. The van der Waals surface area contributed by atoms with E-state index in [4.69, 9.17) is 18.9 Å². The Kier molecular flexibility index (Phi) is 10.1. The van der Waals surface area contributed by atoms with E-state index in [9.17, 15) is 20.1 Å². The van der Waals surface area contributed by atoms with Crippen LogP contribution < -0.4 is 0 Å². The molecule has 2 aliphatic heterocycles. The summed E-state index contributed by atoms with van der Waals surface area (Å²) in [5.41, 5.74) is 0.852. The summed E-state index contributed by atoms with van der Waals surface area (Å²) in [6.07, 6.45) is 1.60. The van der Waals surface area contributed by atoms with Crippen LogP contribution in [0, 0.1) is 17.8 Å². The van der Waals surface area contributed by atoms with Gasteiger partial charge in [-0.15, -0.1) is 0 Å². The van der Waals surface area contributed by atoms with Crippen molar-refractivity contribution in [3.05, 3.63) is 48.0 Å². The average Bonchev–Trinajstić information content (AvgIpc) is 2.88. The van der Waals surface area contributed by atoms with Gasteiger partial charge in [0.25, 0.3) is 0 Å². The molecule has 2 aliphatic rings. The SMILES string of the molecule is COC1CCCCC(c2ccccc2)OC(=O)[C@@H](C)[C@]2(O)O[C@H]([C@@H](C)[C@H](O)[C@H]2OC)[C@@H](C)/C=C/[C@H]1O. The normalized spacial score (nSPS) is 41.9. The van der Waals surface area contributed by atoms with E-state index in [-0.39, 0.29) is 12.0 Å². The van der Waals surface area contributed by atoms with Crippen LogP contribution in [0.2, 0.25) is 0 Å². The number of carbonyl (C=O) groups excluding carboxylic acids is 1. The summed E-state index contributed by atoms with van der Waals surface area (Å²) < 4.78 is 23.1. The largest absolute Gasteiger partial charge is 0.457 e. The van der Waals surface area contributed by atoms with Crippen LogP contribution in [0.25, 0.3) is 0 Å². The Hall–Kier alpha value is -1.81. The number of carbonyl (C=O) groups is 1. The van der Waals surface area contributed by atoms with Gasteiger partial charge in [-0.1, -0.05) is 62.8 Å². The van der Waals surface area contributed by atoms with Crippen molar-refractivity contribution >= 4 is 5.97 Å². The predicted octanol–water partition coefficient (Wildman–Crippen LogP) is 3.15. The lowest BCUT2D eigenvalue weighted by Crippen LogP contribution is -2.66. The van der Waals surface area contributed by atoms with Crippen molar-refractivity contribution < 1.29 is 39.1 Å². The third-order valence-corrected chi connectivity index (χ3v) is 7.78. The lowest BCUT2D eigenvalue weighted by Gasteiger charge is -2.51. The summed E-state index contributed by atoms with van der Waals surface area (Å²) in [7, 11) is 2.95. The highest BCUT2D eigenvalue weighted by molar-refractivity contribution is 5.73. The second-order valence-electron chi connectivity index (χ2n) is 10.2. The Labute approximate surface area is 214 Å². The maximum Gasteiger partial charge on any atom is 0.314 e. The number of benzene rings is 1. The van der Waals surface area contributed by atoms with E-state index in [2.05, 4.69) is 0 Å². The zero-order valence-electron chi connectivity index (χ0n) is 21.9. The van der Waals surface area contributed by atoms with Crippen LogP contribution in [0.1, 0.15) is 58.1 Å². The minimum absolute atomic E-state index is 0.292. The molecule has 3 rings (SSSR count). The molecule has 0 spiro atoms. The van der Waals surface area contributed by atoms with Gasteiger partial charge in [0.15, 0.2) is 0 Å². The Morgan fingerprint density at radius 3 is 2.28 bits per heavy atom. The molecule has 1 saturated heterocycles. The molecule has 1 aromatic carbocycles. The summed E-state index contributed by atoms with van der Waals surface area (Å²) in [4.78, 5) is 13.4. The van der Waals surface area contributed by atoms with E-state index in [0.717, 1.165) is 18.4 Å². The summed E-state index contributed by atoms with van der Waals surface area (Å²) in [6.45, 7) is 5.23. The van der Waals surface area contributed by atoms with Crippen molar-refractivity contribution in [2.45, 2.75) is 88.9 Å². The first-order chi connectivity index (χ1) is 17.1. The smallest absolute Gasteiger partial charge is 0.314 e. The number of methoxy groups -OCH3 is 2. The summed E-state index contributed by atoms with van der Waals surface area (Å²) in [6, 6.07) is 9.48. The Morgan fingerprint density at radius 2 is 1.64 bits per heavy atom. The van der Waals surface area contributed by atoms with Crippen LogP contribution in [0.3, 0.4) is 0 Å². The molecule has 202 valence electrons. The van der Waals surface area contributed by atoms with E-state index < -0.39 is 54.1 Å². The molecule has 2 bridgehead atoms. The third-order valence-electron chi connectivity index (χ3n) is 7.78. The van der Waals surface area contributed by atoms with Crippen molar-refractivity contribution in [2.24, 2.45) is 17.8 Å². The fraction of sp³-hybridized carbons (Fsp3) is 0.679. The molecule has 0 aromatic heterocycles. The van der Waals surface area contributed by atoms with Gasteiger partial charge in [0.1, 0.15) is 18.1 Å². The molecule has 0 amide bonds. The van der Waals surface area contributed by atoms with Gasteiger partial charge >= 0.3 is 5.97 Å². The van der Waals surface area contributed by atoms with Gasteiger partial charge in [0.2, 0.25) is 5.79 Å². The maximum atomic E-state index is 13.4. The van der Waals surface area contributed by atoms with Gasteiger partial charge in [-0.25, -0.2) is 0 Å². The highest BCUT2D eigenvalue weighted by Gasteiger charge is 2.58. The minimum Gasteiger partial charge on any atom is -0.457 e. The van der Waals surface area contributed by atoms with Crippen LogP contribution in [-0.2, 0) is 23.7 Å². The number of cyclic esters (lactones) is 1. The molecule has 1 aromatic rings. The predicted molar refractivity (Wildman–Crippen MR) is 134 cm³/mol. The topological polar surface area (TPSA) is 115 Å². The van der Waals surface area contributed by atoms with E-state index >= 15 is 0 Å². The molecule has 1 fully saturated rings. The van der Waals surface area contributed by atoms with Crippen molar-refractivity contribution in [1.82, 2.24) is 0 Å². The maximum absolute atomic E-state index is 13.4. The number of aliphatic hydroxyl groups excluding tert-OH is 2. The van der Waals surface area contributed by atoms with Crippen LogP contribution in [0.4, 0.5) is 0 Å². The fourth-order valence-electron chi connectivity index (χ4n) is 5.35. The van der Waals surface area contributed by atoms with Crippen molar-refractivity contribution in [1.29, 1.82) is 0 Å². The fourth-order valence-corrected chi connectivity index (χ4v) is 5.35. The molecule has 2 unspecified atom stereocenters. The zero-order valence-corrected chi connectivity index (χ0v) is 21.9. The first-order valence-electron chi connectivity index (χ1n) is 12.9. The lowest BCUT2D eigenvalue weighted by molar-refractivity contribution is -0.360. The number of esters is 1. The van der Waals surface area contributed by atoms with Crippen molar-refractivity contribution in [3.63, 3.8) is 0 Å². The van der Waals surface area contributed by atoms with Crippen LogP contribution >= 0.6 is 0 Å². The molecule has 10 atom stereocenters. The van der Waals surface area contributed by atoms with Gasteiger partial charge in [0, 0.05) is 26.1 Å². The summed E-state index contributed by atoms with van der Waals surface area (Å²) in [5, 5.41) is 33.5. The number of hydrogen-bond acceptors (Lipinski definition) is 8. The Bertz CT molecular complexity index is 860. The highest BCUT2D eigenvalue weighted by atomic mass is 16.7. The summed E-state index contributed by atoms with van der Waals surface area (Å²) in [5.74, 6) is -4.58. The van der Waals surface area contributed by atoms with Gasteiger partial charge in [-0.05, 0) is 31.7 Å². The quantitative estimate of drug-likeness (QED) is 0.423. The molecule has 2 heterocycles. The minimum atomic E-state index is -2.11. The Morgan fingerprint density at radius 1 is 0.972 bits per heavy atom. The van der Waals surface area contributed by atoms with Crippen molar-refractivity contribution in [2.75, 3.05) is 14.2 Å². The van der Waals surface area contributed by atoms with E-state index in [0.29, 0.717) is 12.8 Å². The van der Waals surface area contributed by atoms with Crippen molar-refractivity contribution in [3.8, 4) is 0 Å². The van der Waals surface area contributed by atoms with Crippen LogP contribution in [-0.4, -0.2) is 71.8 Å². The van der Waals surface area contributed by atoms with E-state index in [1.165, 1.54) is 14.0 Å².